The first-order valence-electron chi connectivity index (χ1n) is 6.54. The van der Waals surface area contributed by atoms with E-state index in [1.54, 1.807) is 7.11 Å². The van der Waals surface area contributed by atoms with Crippen LogP contribution in [-0.4, -0.2) is 18.3 Å². The van der Waals surface area contributed by atoms with Crippen LogP contribution in [0, 0.1) is 12.8 Å². The van der Waals surface area contributed by atoms with Crippen LogP contribution in [0.4, 0.5) is 0 Å². The van der Waals surface area contributed by atoms with Crippen LogP contribution in [0.5, 0.6) is 5.75 Å². The molecule has 0 saturated heterocycles. The van der Waals surface area contributed by atoms with Crippen molar-refractivity contribution < 1.29 is 9.84 Å². The third-order valence-electron chi connectivity index (χ3n) is 3.26. The maximum absolute atomic E-state index is 10.1. The molecule has 1 rings (SSSR count). The van der Waals surface area contributed by atoms with E-state index < -0.39 is 6.10 Å². The number of aliphatic hydroxyl groups is 1. The number of nitrogens with two attached hydrogens (primary N) is 1. The Morgan fingerprint density at radius 3 is 2.37 bits per heavy atom. The highest BCUT2D eigenvalue weighted by atomic mass is 35.5. The minimum absolute atomic E-state index is 0. The summed E-state index contributed by atoms with van der Waals surface area (Å²) in [5.41, 5.74) is 8.10. The van der Waals surface area contributed by atoms with Gasteiger partial charge in [0, 0.05) is 0 Å². The molecular weight excluding hydrogens is 262 g/mol. The number of benzene rings is 1. The first-order valence-corrected chi connectivity index (χ1v) is 6.54. The molecule has 0 radical (unpaired) electrons. The maximum Gasteiger partial charge on any atom is 0.121 e. The Morgan fingerprint density at radius 1 is 1.26 bits per heavy atom. The zero-order valence-electron chi connectivity index (χ0n) is 12.2. The molecule has 3 N–H and O–H groups in total. The first-order chi connectivity index (χ1) is 8.45. The fourth-order valence-corrected chi connectivity index (χ4v) is 2.01. The fourth-order valence-electron chi connectivity index (χ4n) is 2.01. The summed E-state index contributed by atoms with van der Waals surface area (Å²) in [5.74, 6) is 1.44. The molecule has 0 spiro atoms. The second kappa shape index (κ2) is 8.41. The molecule has 0 fully saturated rings. The zero-order chi connectivity index (χ0) is 13.7. The van der Waals surface area contributed by atoms with Crippen LogP contribution in [-0.2, 0) is 0 Å². The van der Waals surface area contributed by atoms with Crippen LogP contribution in [0.25, 0.3) is 0 Å². The molecule has 0 aliphatic rings. The molecule has 0 saturated carbocycles. The highest BCUT2D eigenvalue weighted by molar-refractivity contribution is 5.85. The van der Waals surface area contributed by atoms with Gasteiger partial charge in [-0.2, -0.15) is 0 Å². The highest BCUT2D eigenvalue weighted by Gasteiger charge is 2.17. The van der Waals surface area contributed by atoms with Gasteiger partial charge < -0.3 is 15.6 Å². The van der Waals surface area contributed by atoms with Crippen LogP contribution < -0.4 is 10.5 Å². The Labute approximate surface area is 122 Å². The zero-order valence-corrected chi connectivity index (χ0v) is 13.0. The van der Waals surface area contributed by atoms with Crippen molar-refractivity contribution in [3.63, 3.8) is 0 Å². The maximum atomic E-state index is 10.1. The van der Waals surface area contributed by atoms with Crippen LogP contribution in [0.2, 0.25) is 0 Å². The van der Waals surface area contributed by atoms with Crippen molar-refractivity contribution in [1.82, 2.24) is 0 Å². The monoisotopic (exact) mass is 287 g/mol. The van der Waals surface area contributed by atoms with Gasteiger partial charge in [-0.1, -0.05) is 26.0 Å². The molecule has 0 heterocycles. The molecule has 110 valence electrons. The molecule has 1 aromatic carbocycles. The molecule has 0 aromatic heterocycles. The minimum Gasteiger partial charge on any atom is -0.496 e. The van der Waals surface area contributed by atoms with Crippen molar-refractivity contribution in [3.8, 4) is 5.75 Å². The molecule has 1 aromatic rings. The number of rotatable bonds is 6. The third kappa shape index (κ3) is 5.39. The van der Waals surface area contributed by atoms with E-state index in [4.69, 9.17) is 10.5 Å². The van der Waals surface area contributed by atoms with Gasteiger partial charge in [0.2, 0.25) is 0 Å². The van der Waals surface area contributed by atoms with Crippen LogP contribution in [0.1, 0.15) is 43.9 Å². The van der Waals surface area contributed by atoms with Gasteiger partial charge in [-0.15, -0.1) is 12.4 Å². The Hall–Kier alpha value is -0.770. The molecule has 2 atom stereocenters. The molecule has 4 heteroatoms. The van der Waals surface area contributed by atoms with Crippen molar-refractivity contribution in [2.24, 2.45) is 11.7 Å². The summed E-state index contributed by atoms with van der Waals surface area (Å²) in [5, 5.41) is 10.1. The van der Waals surface area contributed by atoms with E-state index in [0.717, 1.165) is 29.7 Å². The van der Waals surface area contributed by atoms with E-state index in [9.17, 15) is 5.11 Å². The largest absolute Gasteiger partial charge is 0.496 e. The number of aliphatic hydroxyl groups excluding tert-OH is 1. The summed E-state index contributed by atoms with van der Waals surface area (Å²) in [6, 6.07) is 5.49. The van der Waals surface area contributed by atoms with Crippen molar-refractivity contribution >= 4 is 12.4 Å². The summed E-state index contributed by atoms with van der Waals surface area (Å²) in [7, 11) is 1.65. The quantitative estimate of drug-likeness (QED) is 0.845. The third-order valence-corrected chi connectivity index (χ3v) is 3.26. The SMILES string of the molecule is COc1ccc([C@@H](N)[C@@H](O)CCC(C)C)cc1C.Cl. The molecular formula is C15H26ClNO2. The standard InChI is InChI=1S/C15H25NO2.ClH/c1-10(2)5-7-13(17)15(16)12-6-8-14(18-4)11(3)9-12;/h6,8-10,13,15,17H,5,7,16H2,1-4H3;1H/t13-,15+;/m0./s1. The number of aryl methyl sites for hydroxylation is 1. The van der Waals surface area contributed by atoms with Crippen molar-refractivity contribution in [2.75, 3.05) is 7.11 Å². The summed E-state index contributed by atoms with van der Waals surface area (Å²) in [4.78, 5) is 0. The number of hydrogen-bond acceptors (Lipinski definition) is 3. The topological polar surface area (TPSA) is 55.5 Å². The van der Waals surface area contributed by atoms with Gasteiger partial charge in [0.15, 0.2) is 0 Å². The van der Waals surface area contributed by atoms with E-state index in [2.05, 4.69) is 13.8 Å². The number of hydrogen-bond donors (Lipinski definition) is 2. The lowest BCUT2D eigenvalue weighted by Gasteiger charge is -2.21. The molecule has 0 aliphatic heterocycles. The van der Waals surface area contributed by atoms with E-state index in [-0.39, 0.29) is 18.4 Å². The first kappa shape index (κ1) is 18.2. The lowest BCUT2D eigenvalue weighted by Crippen LogP contribution is -2.26. The number of methoxy groups -OCH3 is 1. The Bertz CT molecular complexity index is 382. The van der Waals surface area contributed by atoms with Gasteiger partial charge in [0.05, 0.1) is 19.3 Å². The number of halogens is 1. The van der Waals surface area contributed by atoms with Crippen LogP contribution >= 0.6 is 12.4 Å². The Kier molecular flexibility index (Phi) is 8.07. The van der Waals surface area contributed by atoms with Crippen molar-refractivity contribution in [1.29, 1.82) is 0 Å². The average Bonchev–Trinajstić information content (AvgIpc) is 2.34. The van der Waals surface area contributed by atoms with E-state index >= 15 is 0 Å². The van der Waals surface area contributed by atoms with Crippen molar-refractivity contribution in [2.45, 2.75) is 45.8 Å². The normalized spacial score (nSPS) is 13.8. The van der Waals surface area contributed by atoms with Gasteiger partial charge >= 0.3 is 0 Å². The highest BCUT2D eigenvalue weighted by Crippen LogP contribution is 2.24. The lowest BCUT2D eigenvalue weighted by molar-refractivity contribution is 0.128. The Balaban J connectivity index is 0.00000324. The van der Waals surface area contributed by atoms with Gasteiger partial charge in [-0.05, 0) is 42.9 Å². The minimum atomic E-state index is -0.486. The molecule has 3 nitrogen and oxygen atoms in total. The smallest absolute Gasteiger partial charge is 0.121 e. The summed E-state index contributed by atoms with van der Waals surface area (Å²) in [6.07, 6.45) is 1.24. The second-order valence-electron chi connectivity index (χ2n) is 5.29. The van der Waals surface area contributed by atoms with Gasteiger partial charge in [-0.3, -0.25) is 0 Å². The molecule has 19 heavy (non-hydrogen) atoms. The number of ether oxygens (including phenoxy) is 1. The summed E-state index contributed by atoms with van der Waals surface area (Å²) >= 11 is 0. The van der Waals surface area contributed by atoms with Gasteiger partial charge in [0.25, 0.3) is 0 Å². The predicted molar refractivity (Wildman–Crippen MR) is 82.0 cm³/mol. The summed E-state index contributed by atoms with van der Waals surface area (Å²) < 4.78 is 5.22. The van der Waals surface area contributed by atoms with E-state index in [1.165, 1.54) is 0 Å². The summed E-state index contributed by atoms with van der Waals surface area (Å²) in [6.45, 7) is 6.28. The van der Waals surface area contributed by atoms with Gasteiger partial charge in [-0.25, -0.2) is 0 Å². The van der Waals surface area contributed by atoms with Crippen LogP contribution in [0.3, 0.4) is 0 Å². The fraction of sp³-hybridized carbons (Fsp3) is 0.600. The van der Waals surface area contributed by atoms with E-state index in [1.807, 2.05) is 25.1 Å². The van der Waals surface area contributed by atoms with Gasteiger partial charge in [0.1, 0.15) is 5.75 Å². The molecule has 0 amide bonds. The molecule has 0 unspecified atom stereocenters. The van der Waals surface area contributed by atoms with Crippen molar-refractivity contribution in [3.05, 3.63) is 29.3 Å². The average molecular weight is 288 g/mol. The predicted octanol–water partition coefficient (Wildman–Crippen LogP) is 3.22. The second-order valence-corrected chi connectivity index (χ2v) is 5.29. The van der Waals surface area contributed by atoms with Crippen LogP contribution in [0.15, 0.2) is 18.2 Å². The Morgan fingerprint density at radius 2 is 1.89 bits per heavy atom. The van der Waals surface area contributed by atoms with E-state index in [0.29, 0.717) is 5.92 Å². The molecule has 0 aliphatic carbocycles. The molecule has 0 bridgehead atoms. The lowest BCUT2D eigenvalue weighted by atomic mass is 9.95.